The zero-order chi connectivity index (χ0) is 25.2. The van der Waals surface area contributed by atoms with Crippen LogP contribution in [0.3, 0.4) is 0 Å². The van der Waals surface area contributed by atoms with E-state index < -0.39 is 0 Å². The zero-order valence-corrected chi connectivity index (χ0v) is 21.5. The van der Waals surface area contributed by atoms with E-state index in [0.717, 1.165) is 44.3 Å². The maximum atomic E-state index is 13.4. The van der Waals surface area contributed by atoms with E-state index in [4.69, 9.17) is 4.74 Å². The third-order valence-corrected chi connectivity index (χ3v) is 9.78. The fourth-order valence-corrected chi connectivity index (χ4v) is 8.06. The normalized spacial score (nSPS) is 32.1. The van der Waals surface area contributed by atoms with Gasteiger partial charge in [0, 0.05) is 36.7 Å². The first-order chi connectivity index (χ1) is 17.3. The minimum Gasteiger partial charge on any atom is -0.504 e. The Morgan fingerprint density at radius 3 is 2.92 bits per heavy atom. The zero-order valence-electron chi connectivity index (χ0n) is 21.5. The van der Waals surface area contributed by atoms with Gasteiger partial charge in [-0.2, -0.15) is 0 Å². The molecule has 0 radical (unpaired) electrons. The monoisotopic (exact) mass is 484 g/mol. The van der Waals surface area contributed by atoms with E-state index in [2.05, 4.69) is 43.5 Å². The minimum absolute atomic E-state index is 0.00274. The second-order valence-electron chi connectivity index (χ2n) is 11.4. The number of hydrogen-bond donors (Lipinski definition) is 1. The molecule has 5 nitrogen and oxygen atoms in total. The number of amides is 1. The number of hydrogen-bond acceptors (Lipinski definition) is 4. The molecule has 1 N–H and O–H groups in total. The number of phenolic OH excluding ortho intramolecular Hbond substituents is 1. The number of ether oxygens (including phenoxy) is 1. The van der Waals surface area contributed by atoms with Gasteiger partial charge in [-0.1, -0.05) is 48.9 Å². The van der Waals surface area contributed by atoms with Crippen LogP contribution < -0.4 is 4.74 Å². The van der Waals surface area contributed by atoms with Crippen LogP contribution in [0, 0.1) is 12.3 Å². The van der Waals surface area contributed by atoms with Gasteiger partial charge >= 0.3 is 0 Å². The maximum absolute atomic E-state index is 13.4. The van der Waals surface area contributed by atoms with Crippen LogP contribution in [0.1, 0.15) is 48.4 Å². The average molecular weight is 485 g/mol. The molecule has 5 heteroatoms. The van der Waals surface area contributed by atoms with Crippen molar-refractivity contribution in [3.63, 3.8) is 0 Å². The van der Waals surface area contributed by atoms with Gasteiger partial charge in [0.2, 0.25) is 5.91 Å². The van der Waals surface area contributed by atoms with Crippen molar-refractivity contribution >= 4 is 12.0 Å². The van der Waals surface area contributed by atoms with E-state index in [1.165, 1.54) is 16.7 Å². The van der Waals surface area contributed by atoms with Gasteiger partial charge in [0.15, 0.2) is 11.5 Å². The number of carbonyl (C=O) groups is 1. The smallest absolute Gasteiger partial charge is 0.246 e. The van der Waals surface area contributed by atoms with E-state index in [0.29, 0.717) is 11.8 Å². The fourth-order valence-electron chi connectivity index (χ4n) is 8.06. The van der Waals surface area contributed by atoms with E-state index in [1.54, 1.807) is 12.1 Å². The molecular formula is C31H36N2O3. The highest BCUT2D eigenvalue weighted by atomic mass is 16.5. The first-order valence-electron chi connectivity index (χ1n) is 13.2. The number of benzene rings is 2. The average Bonchev–Trinajstić information content (AvgIpc) is 3.21. The van der Waals surface area contributed by atoms with Crippen LogP contribution in [-0.4, -0.2) is 59.1 Å². The highest BCUT2D eigenvalue weighted by Crippen LogP contribution is 2.69. The number of rotatable bonds is 5. The van der Waals surface area contributed by atoms with E-state index in [1.807, 2.05) is 36.2 Å². The van der Waals surface area contributed by atoms with Crippen LogP contribution in [0.4, 0.5) is 0 Å². The molecule has 1 amide bonds. The van der Waals surface area contributed by atoms with Gasteiger partial charge in [0.25, 0.3) is 0 Å². The van der Waals surface area contributed by atoms with Gasteiger partial charge in [-0.25, -0.2) is 0 Å². The summed E-state index contributed by atoms with van der Waals surface area (Å²) >= 11 is 0. The highest BCUT2D eigenvalue weighted by Gasteiger charge is 2.71. The molecular weight excluding hydrogens is 448 g/mol. The highest BCUT2D eigenvalue weighted by molar-refractivity contribution is 5.92. The van der Waals surface area contributed by atoms with Gasteiger partial charge in [-0.15, -0.1) is 6.58 Å². The Balaban J connectivity index is 1.38. The molecule has 36 heavy (non-hydrogen) atoms. The maximum Gasteiger partial charge on any atom is 0.246 e. The Kier molecular flexibility index (Phi) is 5.34. The number of phenols is 1. The summed E-state index contributed by atoms with van der Waals surface area (Å²) in [5, 5.41) is 10.9. The molecule has 2 heterocycles. The Hall–Kier alpha value is -3.05. The molecule has 0 aromatic heterocycles. The lowest BCUT2D eigenvalue weighted by molar-refractivity contribution is -0.149. The molecule has 2 aliphatic heterocycles. The molecule has 2 aliphatic carbocycles. The van der Waals surface area contributed by atoms with Crippen LogP contribution in [0.2, 0.25) is 0 Å². The molecule has 2 bridgehead atoms. The van der Waals surface area contributed by atoms with Gasteiger partial charge in [-0.05, 0) is 67.8 Å². The molecule has 2 aromatic carbocycles. The van der Waals surface area contributed by atoms with Crippen LogP contribution in [0.5, 0.6) is 11.5 Å². The second-order valence-corrected chi connectivity index (χ2v) is 11.4. The van der Waals surface area contributed by atoms with Crippen LogP contribution >= 0.6 is 0 Å². The second kappa shape index (κ2) is 8.24. The van der Waals surface area contributed by atoms with Gasteiger partial charge in [0.05, 0.1) is 6.04 Å². The van der Waals surface area contributed by atoms with Crippen molar-refractivity contribution in [1.82, 2.24) is 9.80 Å². The molecule has 1 spiro atoms. The van der Waals surface area contributed by atoms with Crippen molar-refractivity contribution < 1.29 is 14.6 Å². The van der Waals surface area contributed by atoms with E-state index in [9.17, 15) is 9.90 Å². The van der Waals surface area contributed by atoms with Crippen LogP contribution in [0.15, 0.2) is 55.1 Å². The molecule has 6 rings (SSSR count). The van der Waals surface area contributed by atoms with Crippen molar-refractivity contribution in [3.8, 4) is 11.5 Å². The Labute approximate surface area is 214 Å². The number of aryl methyl sites for hydroxylation is 1. The lowest BCUT2D eigenvalue weighted by Gasteiger charge is -2.66. The number of piperidine rings is 1. The molecule has 2 fully saturated rings. The summed E-state index contributed by atoms with van der Waals surface area (Å²) < 4.78 is 6.73. The number of likely N-dealkylation sites (N-methyl/N-ethyl adjacent to an activating group) is 1. The first kappa shape index (κ1) is 23.4. The summed E-state index contributed by atoms with van der Waals surface area (Å²) in [6.07, 6.45) is 9.24. The van der Waals surface area contributed by atoms with Crippen LogP contribution in [0.25, 0.3) is 6.08 Å². The predicted molar refractivity (Wildman–Crippen MR) is 142 cm³/mol. The summed E-state index contributed by atoms with van der Waals surface area (Å²) in [6, 6.07) is 12.4. The topological polar surface area (TPSA) is 53.0 Å². The standard InChI is InChI=1S/C31H36N2O3/c1-5-16-33-17-15-31-27-22-10-11-24(34)28(27)36-29(31)23(13-14-30(31,3)25(33)19-22)32(4)26(35)12-9-21-8-6-7-20(2)18-21/h5-12,18,23,25,29,34H,1,13-17,19H2,2-4H3/t23-,25-,29+,30+,31+/m1/s1. The number of carbonyl (C=O) groups excluding carboxylic acids is 1. The number of aromatic hydroxyl groups is 1. The van der Waals surface area contributed by atoms with Crippen molar-refractivity contribution in [2.45, 2.75) is 63.1 Å². The van der Waals surface area contributed by atoms with Crippen molar-refractivity contribution in [2.75, 3.05) is 20.1 Å². The van der Waals surface area contributed by atoms with Crippen molar-refractivity contribution in [3.05, 3.63) is 77.4 Å². The van der Waals surface area contributed by atoms with Crippen LogP contribution in [-0.2, 0) is 16.6 Å². The van der Waals surface area contributed by atoms with E-state index >= 15 is 0 Å². The third kappa shape index (κ3) is 3.08. The predicted octanol–water partition coefficient (Wildman–Crippen LogP) is 4.86. The Bertz CT molecular complexity index is 1270. The van der Waals surface area contributed by atoms with Gasteiger partial charge in [-0.3, -0.25) is 9.69 Å². The van der Waals surface area contributed by atoms with Crippen molar-refractivity contribution in [2.24, 2.45) is 5.41 Å². The summed E-state index contributed by atoms with van der Waals surface area (Å²) in [4.78, 5) is 17.9. The quantitative estimate of drug-likeness (QED) is 0.487. The van der Waals surface area contributed by atoms with Gasteiger partial charge < -0.3 is 14.7 Å². The third-order valence-electron chi connectivity index (χ3n) is 9.78. The van der Waals surface area contributed by atoms with Crippen molar-refractivity contribution in [1.29, 1.82) is 0 Å². The molecule has 5 atom stereocenters. The van der Waals surface area contributed by atoms with E-state index in [-0.39, 0.29) is 34.6 Å². The molecule has 2 aromatic rings. The SMILES string of the molecule is C=CCN1CC[C@]23c4c5ccc(O)c4O[C@H]2[C@H](N(C)C(=O)C=Cc2cccc(C)c2)CC[C@@]3(C)[C@H]1C5. The largest absolute Gasteiger partial charge is 0.504 e. The number of nitrogens with zero attached hydrogens (tertiary/aromatic N) is 2. The molecule has 1 saturated heterocycles. The molecule has 0 unspecified atom stereocenters. The molecule has 1 saturated carbocycles. The molecule has 188 valence electrons. The Morgan fingerprint density at radius 2 is 2.14 bits per heavy atom. The fraction of sp³-hybridized carbons (Fsp3) is 0.452. The summed E-state index contributed by atoms with van der Waals surface area (Å²) in [5.41, 5.74) is 4.49. The first-order valence-corrected chi connectivity index (χ1v) is 13.2. The summed E-state index contributed by atoms with van der Waals surface area (Å²) in [6.45, 7) is 10.4. The Morgan fingerprint density at radius 1 is 1.31 bits per heavy atom. The minimum atomic E-state index is -0.214. The lowest BCUT2D eigenvalue weighted by atomic mass is 9.43. The lowest BCUT2D eigenvalue weighted by Crippen LogP contribution is -2.73. The number of likely N-dealkylation sites (tertiary alicyclic amines) is 1. The van der Waals surface area contributed by atoms with Gasteiger partial charge in [0.1, 0.15) is 6.10 Å². The summed E-state index contributed by atoms with van der Waals surface area (Å²) in [5.74, 6) is 0.864. The molecule has 4 aliphatic rings. The summed E-state index contributed by atoms with van der Waals surface area (Å²) in [7, 11) is 1.91.